The van der Waals surface area contributed by atoms with Crippen molar-refractivity contribution in [2.45, 2.75) is 12.5 Å². The van der Waals surface area contributed by atoms with Gasteiger partial charge in [-0.05, 0) is 54.3 Å². The van der Waals surface area contributed by atoms with Crippen LogP contribution in [0.5, 0.6) is 23.0 Å². The Balaban J connectivity index is 1.38. The third-order valence-electron chi connectivity index (χ3n) is 4.95. The minimum atomic E-state index is -1.09. The van der Waals surface area contributed by atoms with Crippen LogP contribution in [0.4, 0.5) is 0 Å². The van der Waals surface area contributed by atoms with E-state index in [0.717, 1.165) is 5.56 Å². The minimum Gasteiger partial charge on any atom is -0.484 e. The number of carboxylic acids is 1. The number of hydrogen-bond acceptors (Lipinski definition) is 8. The second-order valence-electron chi connectivity index (χ2n) is 7.24. The van der Waals surface area contributed by atoms with Gasteiger partial charge in [0.15, 0.2) is 23.9 Å². The molecule has 1 amide bonds. The second-order valence-corrected chi connectivity index (χ2v) is 8.22. The van der Waals surface area contributed by atoms with Crippen LogP contribution in [0.15, 0.2) is 42.2 Å². The standard InChI is InChI=1S/C23H21NO8S/c1-33-7-6-16(23(27)28)24-21(25)11-29-14-3-4-15-18(10-14)32-20(22(15)26)9-13-2-5-17-19(8-13)31-12-30-17/h2-5,8-10,16H,6-7,11-12H2,1H3,(H,24,25)(H,27,28)/t16-/m0/s1. The van der Waals surface area contributed by atoms with Crippen molar-refractivity contribution in [1.29, 1.82) is 0 Å². The number of carbonyl (C=O) groups is 3. The van der Waals surface area contributed by atoms with E-state index < -0.39 is 17.9 Å². The molecule has 1 atom stereocenters. The summed E-state index contributed by atoms with van der Waals surface area (Å²) in [6.45, 7) is -0.207. The molecule has 9 nitrogen and oxygen atoms in total. The summed E-state index contributed by atoms with van der Waals surface area (Å²) in [5.41, 5.74) is 1.10. The third kappa shape index (κ3) is 5.23. The molecule has 172 valence electrons. The summed E-state index contributed by atoms with van der Waals surface area (Å²) in [6.07, 6.45) is 3.79. The number of Topliss-reactive ketones (excluding diaryl/α,β-unsaturated/α-hetero) is 1. The first-order valence-electron chi connectivity index (χ1n) is 10.1. The monoisotopic (exact) mass is 471 g/mol. The van der Waals surface area contributed by atoms with E-state index in [1.165, 1.54) is 17.8 Å². The normalized spacial score (nSPS) is 15.7. The van der Waals surface area contributed by atoms with Crippen LogP contribution in [0, 0.1) is 0 Å². The second kappa shape index (κ2) is 9.86. The van der Waals surface area contributed by atoms with Gasteiger partial charge in [0, 0.05) is 6.07 Å². The van der Waals surface area contributed by atoms with Gasteiger partial charge in [0.1, 0.15) is 17.5 Å². The van der Waals surface area contributed by atoms with Gasteiger partial charge in [-0.25, -0.2) is 4.79 Å². The summed E-state index contributed by atoms with van der Waals surface area (Å²) in [4.78, 5) is 36.0. The first-order chi connectivity index (χ1) is 15.9. The zero-order chi connectivity index (χ0) is 23.4. The molecule has 0 aliphatic carbocycles. The Labute approximate surface area is 193 Å². The molecule has 2 N–H and O–H groups in total. The summed E-state index contributed by atoms with van der Waals surface area (Å²) < 4.78 is 21.8. The molecule has 10 heteroatoms. The van der Waals surface area contributed by atoms with Crippen LogP contribution in [0.1, 0.15) is 22.3 Å². The fourth-order valence-corrected chi connectivity index (χ4v) is 3.76. The van der Waals surface area contributed by atoms with E-state index in [1.807, 2.05) is 6.26 Å². The molecular weight excluding hydrogens is 450 g/mol. The van der Waals surface area contributed by atoms with Gasteiger partial charge in [-0.2, -0.15) is 11.8 Å². The molecule has 33 heavy (non-hydrogen) atoms. The van der Waals surface area contributed by atoms with Gasteiger partial charge in [0.2, 0.25) is 12.6 Å². The number of thioether (sulfide) groups is 1. The lowest BCUT2D eigenvalue weighted by atomic mass is 10.1. The largest absolute Gasteiger partial charge is 0.484 e. The summed E-state index contributed by atoms with van der Waals surface area (Å²) in [5.74, 6) is 0.708. The van der Waals surface area contributed by atoms with Gasteiger partial charge in [0.25, 0.3) is 5.91 Å². The van der Waals surface area contributed by atoms with Crippen LogP contribution in [-0.4, -0.2) is 54.2 Å². The Hall–Kier alpha value is -3.66. The minimum absolute atomic E-state index is 0.150. The first-order valence-corrected chi connectivity index (χ1v) is 11.5. The molecule has 2 aromatic carbocycles. The maximum atomic E-state index is 12.7. The van der Waals surface area contributed by atoms with E-state index in [-0.39, 0.29) is 24.9 Å². The van der Waals surface area contributed by atoms with Crippen LogP contribution in [0.2, 0.25) is 0 Å². The highest BCUT2D eigenvalue weighted by atomic mass is 32.2. The van der Waals surface area contributed by atoms with Crippen molar-refractivity contribution in [1.82, 2.24) is 5.32 Å². The number of benzene rings is 2. The fraction of sp³-hybridized carbons (Fsp3) is 0.261. The summed E-state index contributed by atoms with van der Waals surface area (Å²) in [6, 6.07) is 8.96. The molecule has 2 aromatic rings. The van der Waals surface area contributed by atoms with Gasteiger partial charge in [0.05, 0.1) is 5.56 Å². The first kappa shape index (κ1) is 22.5. The number of allylic oxidation sites excluding steroid dienone is 1. The molecule has 2 aliphatic rings. The molecule has 0 fully saturated rings. The van der Waals surface area contributed by atoms with Crippen molar-refractivity contribution in [2.75, 3.05) is 25.4 Å². The van der Waals surface area contributed by atoms with Crippen molar-refractivity contribution in [3.05, 3.63) is 53.3 Å². The molecule has 0 saturated heterocycles. The number of rotatable bonds is 9. The maximum Gasteiger partial charge on any atom is 0.326 e. The molecule has 0 spiro atoms. The number of amides is 1. The Morgan fingerprint density at radius 3 is 2.79 bits per heavy atom. The number of hydrogen-bond donors (Lipinski definition) is 2. The lowest BCUT2D eigenvalue weighted by Crippen LogP contribution is -2.43. The average Bonchev–Trinajstić information content (AvgIpc) is 3.39. The number of carboxylic acid groups (broad SMARTS) is 1. The molecule has 0 bridgehead atoms. The molecule has 4 rings (SSSR count). The maximum absolute atomic E-state index is 12.7. The fourth-order valence-electron chi connectivity index (χ4n) is 3.29. The van der Waals surface area contributed by atoms with Crippen LogP contribution in [-0.2, 0) is 9.59 Å². The quantitative estimate of drug-likeness (QED) is 0.532. The smallest absolute Gasteiger partial charge is 0.326 e. The van der Waals surface area contributed by atoms with E-state index in [0.29, 0.717) is 40.7 Å². The van der Waals surface area contributed by atoms with E-state index in [9.17, 15) is 19.5 Å². The summed E-state index contributed by atoms with van der Waals surface area (Å²) in [7, 11) is 0. The van der Waals surface area contributed by atoms with E-state index in [2.05, 4.69) is 5.32 Å². The van der Waals surface area contributed by atoms with Crippen LogP contribution < -0.4 is 24.3 Å². The Morgan fingerprint density at radius 1 is 1.18 bits per heavy atom. The Bertz CT molecular complexity index is 1130. The van der Waals surface area contributed by atoms with Crippen LogP contribution in [0.25, 0.3) is 6.08 Å². The van der Waals surface area contributed by atoms with Crippen molar-refractivity contribution in [3.63, 3.8) is 0 Å². The van der Waals surface area contributed by atoms with Crippen molar-refractivity contribution in [3.8, 4) is 23.0 Å². The van der Waals surface area contributed by atoms with Gasteiger partial charge in [-0.3, -0.25) is 9.59 Å². The number of ether oxygens (including phenoxy) is 4. The zero-order valence-corrected chi connectivity index (χ0v) is 18.5. The number of fused-ring (bicyclic) bond motifs is 2. The number of carbonyl (C=O) groups excluding carboxylic acids is 2. The molecule has 0 saturated carbocycles. The summed E-state index contributed by atoms with van der Waals surface area (Å²) >= 11 is 1.50. The number of aliphatic carboxylic acids is 1. The van der Waals surface area contributed by atoms with Crippen LogP contribution >= 0.6 is 11.8 Å². The summed E-state index contributed by atoms with van der Waals surface area (Å²) in [5, 5.41) is 11.7. The van der Waals surface area contributed by atoms with Gasteiger partial charge >= 0.3 is 5.97 Å². The van der Waals surface area contributed by atoms with E-state index >= 15 is 0 Å². The van der Waals surface area contributed by atoms with E-state index in [1.54, 1.807) is 36.4 Å². The SMILES string of the molecule is CSCC[C@H](NC(=O)COc1ccc2c(c1)OC(=Cc1ccc3c(c1)OCO3)C2=O)C(=O)O. The molecule has 2 aliphatic heterocycles. The molecule has 0 radical (unpaired) electrons. The van der Waals surface area contributed by atoms with E-state index in [4.69, 9.17) is 18.9 Å². The average molecular weight is 471 g/mol. The molecular formula is C23H21NO8S. The number of nitrogens with one attached hydrogen (secondary N) is 1. The Kier molecular flexibility index (Phi) is 6.74. The van der Waals surface area contributed by atoms with Gasteiger partial charge in [-0.15, -0.1) is 0 Å². The van der Waals surface area contributed by atoms with Gasteiger partial charge < -0.3 is 29.4 Å². The molecule has 2 heterocycles. The highest BCUT2D eigenvalue weighted by Gasteiger charge is 2.28. The molecule has 0 unspecified atom stereocenters. The number of ketones is 1. The van der Waals surface area contributed by atoms with Gasteiger partial charge in [-0.1, -0.05) is 6.07 Å². The highest BCUT2D eigenvalue weighted by Crippen LogP contribution is 2.37. The third-order valence-corrected chi connectivity index (χ3v) is 5.59. The van der Waals surface area contributed by atoms with Crippen molar-refractivity contribution < 1.29 is 38.4 Å². The van der Waals surface area contributed by atoms with Crippen molar-refractivity contribution in [2.24, 2.45) is 0 Å². The topological polar surface area (TPSA) is 120 Å². The van der Waals surface area contributed by atoms with Crippen molar-refractivity contribution >= 4 is 35.5 Å². The predicted molar refractivity (Wildman–Crippen MR) is 120 cm³/mol. The zero-order valence-electron chi connectivity index (χ0n) is 17.7. The molecule has 0 aromatic heterocycles. The predicted octanol–water partition coefficient (Wildman–Crippen LogP) is 2.73. The Morgan fingerprint density at radius 2 is 2.00 bits per heavy atom. The van der Waals surface area contributed by atoms with Crippen LogP contribution in [0.3, 0.4) is 0 Å². The lowest BCUT2D eigenvalue weighted by molar-refractivity contribution is -0.142. The highest BCUT2D eigenvalue weighted by molar-refractivity contribution is 7.98. The lowest BCUT2D eigenvalue weighted by Gasteiger charge is -2.14.